The molecule has 0 N–H and O–H groups in total. The second kappa shape index (κ2) is 7.23. The van der Waals surface area contributed by atoms with Crippen molar-refractivity contribution in [1.82, 2.24) is 14.7 Å². The molecule has 0 aromatic carbocycles. The Hall–Kier alpha value is -2.41. The van der Waals surface area contributed by atoms with E-state index in [2.05, 4.69) is 5.10 Å². The van der Waals surface area contributed by atoms with Crippen molar-refractivity contribution in [3.8, 4) is 0 Å². The SMILES string of the molecule is O=C(C[C@@H]1COCCN1C(=O)CCn1cccn1)c1ccco1. The Labute approximate surface area is 133 Å². The maximum atomic E-state index is 12.5. The number of amides is 1. The Morgan fingerprint density at radius 2 is 2.26 bits per heavy atom. The normalized spacial score (nSPS) is 18.1. The van der Waals surface area contributed by atoms with Crippen LogP contribution in [0.1, 0.15) is 23.4 Å². The summed E-state index contributed by atoms with van der Waals surface area (Å²) in [5.41, 5.74) is 0. The number of morpholine rings is 1. The van der Waals surface area contributed by atoms with Gasteiger partial charge in [-0.25, -0.2) is 0 Å². The van der Waals surface area contributed by atoms with Gasteiger partial charge in [0.1, 0.15) is 0 Å². The number of nitrogens with zero attached hydrogens (tertiary/aromatic N) is 3. The average molecular weight is 317 g/mol. The molecule has 2 aromatic heterocycles. The van der Waals surface area contributed by atoms with Crippen LogP contribution < -0.4 is 0 Å². The summed E-state index contributed by atoms with van der Waals surface area (Å²) in [5.74, 6) is 0.218. The number of Topliss-reactive ketones (excluding diaryl/α,β-unsaturated/α-hetero) is 1. The van der Waals surface area contributed by atoms with E-state index < -0.39 is 0 Å². The van der Waals surface area contributed by atoms with E-state index in [1.165, 1.54) is 6.26 Å². The zero-order valence-corrected chi connectivity index (χ0v) is 12.8. The zero-order valence-electron chi connectivity index (χ0n) is 12.8. The Morgan fingerprint density at radius 1 is 1.35 bits per heavy atom. The van der Waals surface area contributed by atoms with Crippen LogP contribution in [0.5, 0.6) is 0 Å². The fraction of sp³-hybridized carbons (Fsp3) is 0.438. The van der Waals surface area contributed by atoms with Crippen LogP contribution in [-0.4, -0.2) is 52.2 Å². The molecule has 0 spiro atoms. The highest BCUT2D eigenvalue weighted by atomic mass is 16.5. The average Bonchev–Trinajstić information content (AvgIpc) is 3.26. The van der Waals surface area contributed by atoms with Gasteiger partial charge in [-0.3, -0.25) is 14.3 Å². The molecule has 0 saturated carbocycles. The van der Waals surface area contributed by atoms with Crippen LogP contribution in [0.2, 0.25) is 0 Å². The highest BCUT2D eigenvalue weighted by molar-refractivity contribution is 5.94. The smallest absolute Gasteiger partial charge is 0.224 e. The maximum absolute atomic E-state index is 12.5. The van der Waals surface area contributed by atoms with Gasteiger partial charge in [-0.2, -0.15) is 5.10 Å². The van der Waals surface area contributed by atoms with Crippen molar-refractivity contribution in [2.45, 2.75) is 25.4 Å². The number of furan rings is 1. The second-order valence-electron chi connectivity index (χ2n) is 5.44. The molecular formula is C16H19N3O4. The quantitative estimate of drug-likeness (QED) is 0.752. The summed E-state index contributed by atoms with van der Waals surface area (Å²) in [7, 11) is 0. The predicted octanol–water partition coefficient (Wildman–Crippen LogP) is 1.37. The lowest BCUT2D eigenvalue weighted by molar-refractivity contribution is -0.140. The third kappa shape index (κ3) is 3.87. The first-order valence-corrected chi connectivity index (χ1v) is 7.65. The van der Waals surface area contributed by atoms with E-state index in [0.29, 0.717) is 38.5 Å². The molecule has 1 atom stereocenters. The van der Waals surface area contributed by atoms with Crippen LogP contribution in [-0.2, 0) is 16.1 Å². The minimum Gasteiger partial charge on any atom is -0.461 e. The highest BCUT2D eigenvalue weighted by Crippen LogP contribution is 2.16. The first-order valence-electron chi connectivity index (χ1n) is 7.65. The number of ether oxygens (including phenoxy) is 1. The van der Waals surface area contributed by atoms with Crippen LogP contribution in [0.3, 0.4) is 0 Å². The van der Waals surface area contributed by atoms with E-state index >= 15 is 0 Å². The van der Waals surface area contributed by atoms with Crippen molar-refractivity contribution >= 4 is 11.7 Å². The van der Waals surface area contributed by atoms with Gasteiger partial charge in [0.2, 0.25) is 5.91 Å². The lowest BCUT2D eigenvalue weighted by Gasteiger charge is -2.35. The van der Waals surface area contributed by atoms with Gasteiger partial charge in [0.25, 0.3) is 0 Å². The van der Waals surface area contributed by atoms with Crippen molar-refractivity contribution in [3.63, 3.8) is 0 Å². The zero-order chi connectivity index (χ0) is 16.1. The van der Waals surface area contributed by atoms with E-state index in [9.17, 15) is 9.59 Å². The number of ketones is 1. The summed E-state index contributed by atoms with van der Waals surface area (Å²) < 4.78 is 12.3. The molecular weight excluding hydrogens is 298 g/mol. The number of hydrogen-bond acceptors (Lipinski definition) is 5. The van der Waals surface area contributed by atoms with Crippen LogP contribution in [0.25, 0.3) is 0 Å². The third-order valence-corrected chi connectivity index (χ3v) is 3.88. The molecule has 1 amide bonds. The molecule has 0 aliphatic carbocycles. The van der Waals surface area contributed by atoms with Crippen molar-refractivity contribution in [2.24, 2.45) is 0 Å². The van der Waals surface area contributed by atoms with Gasteiger partial charge in [0.05, 0.1) is 25.5 Å². The van der Waals surface area contributed by atoms with Gasteiger partial charge in [-0.05, 0) is 18.2 Å². The van der Waals surface area contributed by atoms with Crippen molar-refractivity contribution in [2.75, 3.05) is 19.8 Å². The van der Waals surface area contributed by atoms with E-state index in [0.717, 1.165) is 0 Å². The molecule has 0 unspecified atom stereocenters. The minimum atomic E-state index is -0.244. The van der Waals surface area contributed by atoms with E-state index in [1.807, 2.05) is 12.3 Å². The molecule has 1 aliphatic heterocycles. The van der Waals surface area contributed by atoms with Crippen LogP contribution in [0.15, 0.2) is 41.3 Å². The summed E-state index contributed by atoms with van der Waals surface area (Å²) in [6.07, 6.45) is 5.54. The predicted molar refractivity (Wildman–Crippen MR) is 80.8 cm³/mol. The van der Waals surface area contributed by atoms with E-state index in [4.69, 9.17) is 9.15 Å². The van der Waals surface area contributed by atoms with E-state index in [-0.39, 0.29) is 24.2 Å². The summed E-state index contributed by atoms with van der Waals surface area (Å²) >= 11 is 0. The lowest BCUT2D eigenvalue weighted by atomic mass is 10.1. The molecule has 23 heavy (non-hydrogen) atoms. The molecule has 1 saturated heterocycles. The number of hydrogen-bond donors (Lipinski definition) is 0. The molecule has 3 rings (SSSR count). The molecule has 1 fully saturated rings. The van der Waals surface area contributed by atoms with Crippen LogP contribution >= 0.6 is 0 Å². The first-order chi connectivity index (χ1) is 11.2. The number of carbonyl (C=O) groups is 2. The Kier molecular flexibility index (Phi) is 4.87. The molecule has 2 aromatic rings. The van der Waals surface area contributed by atoms with E-state index in [1.54, 1.807) is 27.9 Å². The minimum absolute atomic E-state index is 0.0149. The summed E-state index contributed by atoms with van der Waals surface area (Å²) in [4.78, 5) is 26.4. The molecule has 0 radical (unpaired) electrons. The third-order valence-electron chi connectivity index (χ3n) is 3.88. The molecule has 1 aliphatic rings. The number of carbonyl (C=O) groups excluding carboxylic acids is 2. The van der Waals surface area contributed by atoms with Gasteiger partial charge in [0, 0.05) is 38.3 Å². The standard InChI is InChI=1S/C16H19N3O4/c20-14(15-3-1-9-23-15)11-13-12-22-10-8-19(13)16(21)4-7-18-6-2-5-17-18/h1-3,5-6,9,13H,4,7-8,10-12H2/t13-/m1/s1. The molecule has 122 valence electrons. The fourth-order valence-corrected chi connectivity index (χ4v) is 2.69. The van der Waals surface area contributed by atoms with Gasteiger partial charge in [-0.15, -0.1) is 0 Å². The topological polar surface area (TPSA) is 77.6 Å². The lowest BCUT2D eigenvalue weighted by Crippen LogP contribution is -2.49. The van der Waals surface area contributed by atoms with Crippen molar-refractivity contribution in [1.29, 1.82) is 0 Å². The molecule has 7 nitrogen and oxygen atoms in total. The number of rotatable bonds is 6. The second-order valence-corrected chi connectivity index (χ2v) is 5.44. The Morgan fingerprint density at radius 3 is 3.00 bits per heavy atom. The van der Waals surface area contributed by atoms with Gasteiger partial charge in [0.15, 0.2) is 11.5 Å². The Bertz CT molecular complexity index is 636. The number of aromatic nitrogens is 2. The van der Waals surface area contributed by atoms with Gasteiger partial charge >= 0.3 is 0 Å². The first kappa shape index (κ1) is 15.5. The highest BCUT2D eigenvalue weighted by Gasteiger charge is 2.29. The van der Waals surface area contributed by atoms with Crippen LogP contribution in [0.4, 0.5) is 0 Å². The van der Waals surface area contributed by atoms with Crippen molar-refractivity contribution < 1.29 is 18.7 Å². The number of aryl methyl sites for hydroxylation is 1. The van der Waals surface area contributed by atoms with Gasteiger partial charge in [-0.1, -0.05) is 0 Å². The fourth-order valence-electron chi connectivity index (χ4n) is 2.69. The summed E-state index contributed by atoms with van der Waals surface area (Å²) in [5, 5.41) is 4.09. The molecule has 0 bridgehead atoms. The van der Waals surface area contributed by atoms with Gasteiger partial charge < -0.3 is 14.1 Å². The monoisotopic (exact) mass is 317 g/mol. The molecule has 3 heterocycles. The largest absolute Gasteiger partial charge is 0.461 e. The summed E-state index contributed by atoms with van der Waals surface area (Å²) in [6, 6.07) is 4.89. The molecule has 7 heteroatoms. The summed E-state index contributed by atoms with van der Waals surface area (Å²) in [6.45, 7) is 1.91. The van der Waals surface area contributed by atoms with Crippen molar-refractivity contribution in [3.05, 3.63) is 42.6 Å². The van der Waals surface area contributed by atoms with Crippen LogP contribution in [0, 0.1) is 0 Å². The Balaban J connectivity index is 1.59. The maximum Gasteiger partial charge on any atom is 0.224 e.